The number of sulfonamides is 1. The van der Waals surface area contributed by atoms with E-state index in [4.69, 9.17) is 5.73 Å². The Balaban J connectivity index is 2.96. The molecule has 0 unspecified atom stereocenters. The van der Waals surface area contributed by atoms with Gasteiger partial charge in [0.2, 0.25) is 10.0 Å². The largest absolute Gasteiger partial charge is 0.330 e. The SMILES string of the molecule is Cc1cc(C)c(NS(=O)(=O)CCCN)c(Br)c1. The van der Waals surface area contributed by atoms with Crippen molar-refractivity contribution >= 4 is 31.6 Å². The standard InChI is InChI=1S/C11H17BrN2O2S/c1-8-6-9(2)11(10(12)7-8)14-17(15,16)5-3-4-13/h6-7,14H,3-5,13H2,1-2H3. The zero-order valence-corrected chi connectivity index (χ0v) is 12.4. The number of halogens is 1. The number of anilines is 1. The lowest BCUT2D eigenvalue weighted by Crippen LogP contribution is -2.19. The van der Waals surface area contributed by atoms with E-state index in [1.54, 1.807) is 0 Å². The summed E-state index contributed by atoms with van der Waals surface area (Å²) in [6.07, 6.45) is 0.456. The molecule has 0 atom stereocenters. The van der Waals surface area contributed by atoms with Crippen LogP contribution in [-0.2, 0) is 10.0 Å². The van der Waals surface area contributed by atoms with E-state index in [9.17, 15) is 8.42 Å². The summed E-state index contributed by atoms with van der Waals surface area (Å²) < 4.78 is 26.9. The monoisotopic (exact) mass is 320 g/mol. The minimum atomic E-state index is -3.31. The average Bonchev–Trinajstić information content (AvgIpc) is 2.21. The van der Waals surface area contributed by atoms with Crippen LogP contribution in [0.5, 0.6) is 0 Å². The summed E-state index contributed by atoms with van der Waals surface area (Å²) in [5.74, 6) is 0.0449. The van der Waals surface area contributed by atoms with Gasteiger partial charge in [-0.05, 0) is 59.9 Å². The normalized spacial score (nSPS) is 11.5. The first-order valence-corrected chi connectivity index (χ1v) is 7.77. The van der Waals surface area contributed by atoms with Gasteiger partial charge in [-0.15, -0.1) is 0 Å². The number of hydrogen-bond acceptors (Lipinski definition) is 3. The summed E-state index contributed by atoms with van der Waals surface area (Å²) in [6.45, 7) is 4.21. The Morgan fingerprint density at radius 1 is 1.35 bits per heavy atom. The number of benzene rings is 1. The average molecular weight is 321 g/mol. The van der Waals surface area contributed by atoms with Crippen molar-refractivity contribution in [1.29, 1.82) is 0 Å². The van der Waals surface area contributed by atoms with Crippen molar-refractivity contribution in [3.63, 3.8) is 0 Å². The topological polar surface area (TPSA) is 72.2 Å². The van der Waals surface area contributed by atoms with Gasteiger partial charge in [0, 0.05) is 4.47 Å². The van der Waals surface area contributed by atoms with Crippen LogP contribution in [0.4, 0.5) is 5.69 Å². The zero-order chi connectivity index (χ0) is 13.1. The summed E-state index contributed by atoms with van der Waals surface area (Å²) in [5, 5.41) is 0. The molecule has 0 spiro atoms. The van der Waals surface area contributed by atoms with Gasteiger partial charge < -0.3 is 5.73 Å². The van der Waals surface area contributed by atoms with Crippen LogP contribution in [0.15, 0.2) is 16.6 Å². The molecule has 1 aromatic carbocycles. The summed E-state index contributed by atoms with van der Waals surface area (Å²) in [6, 6.07) is 3.82. The second kappa shape index (κ2) is 5.84. The highest BCUT2D eigenvalue weighted by Crippen LogP contribution is 2.28. The highest BCUT2D eigenvalue weighted by molar-refractivity contribution is 9.10. The van der Waals surface area contributed by atoms with Crippen LogP contribution in [0, 0.1) is 13.8 Å². The first-order chi connectivity index (χ1) is 7.85. The number of nitrogens with two attached hydrogens (primary N) is 1. The predicted molar refractivity (Wildman–Crippen MR) is 74.7 cm³/mol. The van der Waals surface area contributed by atoms with Gasteiger partial charge in [-0.3, -0.25) is 4.72 Å². The van der Waals surface area contributed by atoms with Crippen LogP contribution in [-0.4, -0.2) is 20.7 Å². The van der Waals surface area contributed by atoms with Crippen molar-refractivity contribution in [2.75, 3.05) is 17.0 Å². The molecule has 0 aliphatic rings. The Kier molecular flexibility index (Phi) is 4.97. The van der Waals surface area contributed by atoms with Crippen molar-refractivity contribution < 1.29 is 8.42 Å². The number of hydrogen-bond donors (Lipinski definition) is 2. The van der Waals surface area contributed by atoms with Crippen LogP contribution < -0.4 is 10.5 Å². The Labute approximate surface area is 111 Å². The maximum Gasteiger partial charge on any atom is 0.232 e. The Morgan fingerprint density at radius 3 is 2.53 bits per heavy atom. The molecule has 3 N–H and O–H groups in total. The molecule has 0 heterocycles. The smallest absolute Gasteiger partial charge is 0.232 e. The van der Waals surface area contributed by atoms with Gasteiger partial charge in [0.25, 0.3) is 0 Å². The van der Waals surface area contributed by atoms with Crippen LogP contribution >= 0.6 is 15.9 Å². The number of nitrogens with one attached hydrogen (secondary N) is 1. The Morgan fingerprint density at radius 2 is 2.00 bits per heavy atom. The van der Waals surface area contributed by atoms with E-state index in [1.807, 2.05) is 26.0 Å². The third-order valence-electron chi connectivity index (χ3n) is 2.31. The number of aryl methyl sites for hydroxylation is 2. The lowest BCUT2D eigenvalue weighted by atomic mass is 10.1. The Hall–Kier alpha value is -0.590. The molecule has 0 saturated heterocycles. The molecule has 0 aliphatic heterocycles. The third kappa shape index (κ3) is 4.29. The summed E-state index contributed by atoms with van der Waals surface area (Å²) >= 11 is 3.37. The molecular formula is C11H17BrN2O2S. The quantitative estimate of drug-likeness (QED) is 0.873. The lowest BCUT2D eigenvalue weighted by molar-refractivity contribution is 0.598. The Bertz CT molecular complexity index is 477. The third-order valence-corrected chi connectivity index (χ3v) is 4.27. The minimum Gasteiger partial charge on any atom is -0.330 e. The van der Waals surface area contributed by atoms with E-state index in [0.717, 1.165) is 15.6 Å². The maximum absolute atomic E-state index is 11.8. The van der Waals surface area contributed by atoms with Crippen molar-refractivity contribution in [3.8, 4) is 0 Å². The van der Waals surface area contributed by atoms with Gasteiger partial charge in [0.1, 0.15) is 0 Å². The highest BCUT2D eigenvalue weighted by atomic mass is 79.9. The van der Waals surface area contributed by atoms with Crippen LogP contribution in [0.1, 0.15) is 17.5 Å². The molecule has 0 amide bonds. The van der Waals surface area contributed by atoms with Crippen molar-refractivity contribution in [1.82, 2.24) is 0 Å². The zero-order valence-electron chi connectivity index (χ0n) is 9.96. The van der Waals surface area contributed by atoms with E-state index in [1.165, 1.54) is 0 Å². The van der Waals surface area contributed by atoms with Gasteiger partial charge in [0.15, 0.2) is 0 Å². The van der Waals surface area contributed by atoms with E-state index in [-0.39, 0.29) is 5.75 Å². The lowest BCUT2D eigenvalue weighted by Gasteiger charge is -2.13. The van der Waals surface area contributed by atoms with Gasteiger partial charge >= 0.3 is 0 Å². The molecule has 0 radical (unpaired) electrons. The highest BCUT2D eigenvalue weighted by Gasteiger charge is 2.13. The molecular weight excluding hydrogens is 304 g/mol. The van der Waals surface area contributed by atoms with Gasteiger partial charge in [-0.25, -0.2) is 8.42 Å². The fourth-order valence-corrected chi connectivity index (χ4v) is 3.66. The second-order valence-corrected chi connectivity index (χ2v) is 6.70. The van der Waals surface area contributed by atoms with Crippen molar-refractivity contribution in [2.24, 2.45) is 5.73 Å². The molecule has 1 aromatic rings. The molecule has 6 heteroatoms. The summed E-state index contributed by atoms with van der Waals surface area (Å²) in [5.41, 5.74) is 7.89. The molecule has 4 nitrogen and oxygen atoms in total. The molecule has 0 aromatic heterocycles. The molecule has 96 valence electrons. The molecule has 0 bridgehead atoms. The second-order valence-electron chi connectivity index (χ2n) is 4.00. The van der Waals surface area contributed by atoms with Gasteiger partial charge in [-0.2, -0.15) is 0 Å². The van der Waals surface area contributed by atoms with E-state index in [2.05, 4.69) is 20.7 Å². The molecule has 0 saturated carbocycles. The minimum absolute atomic E-state index is 0.0449. The van der Waals surface area contributed by atoms with E-state index in [0.29, 0.717) is 18.7 Å². The molecule has 17 heavy (non-hydrogen) atoms. The van der Waals surface area contributed by atoms with Crippen molar-refractivity contribution in [2.45, 2.75) is 20.3 Å². The van der Waals surface area contributed by atoms with Gasteiger partial charge in [0.05, 0.1) is 11.4 Å². The van der Waals surface area contributed by atoms with E-state index >= 15 is 0 Å². The maximum atomic E-state index is 11.8. The molecule has 0 fully saturated rings. The first-order valence-electron chi connectivity index (χ1n) is 5.33. The molecule has 0 aliphatic carbocycles. The molecule has 1 rings (SSSR count). The fourth-order valence-electron chi connectivity index (χ4n) is 1.52. The van der Waals surface area contributed by atoms with Gasteiger partial charge in [-0.1, -0.05) is 6.07 Å². The van der Waals surface area contributed by atoms with Crippen molar-refractivity contribution in [3.05, 3.63) is 27.7 Å². The fraction of sp³-hybridized carbons (Fsp3) is 0.455. The number of rotatable bonds is 5. The van der Waals surface area contributed by atoms with Crippen LogP contribution in [0.3, 0.4) is 0 Å². The first kappa shape index (κ1) is 14.5. The van der Waals surface area contributed by atoms with Crippen LogP contribution in [0.25, 0.3) is 0 Å². The predicted octanol–water partition coefficient (Wildman–Crippen LogP) is 2.16. The summed E-state index contributed by atoms with van der Waals surface area (Å²) in [7, 11) is -3.31. The summed E-state index contributed by atoms with van der Waals surface area (Å²) in [4.78, 5) is 0. The van der Waals surface area contributed by atoms with E-state index < -0.39 is 10.0 Å². The van der Waals surface area contributed by atoms with Crippen LogP contribution in [0.2, 0.25) is 0 Å².